The zero-order valence-electron chi connectivity index (χ0n) is 18.5. The van der Waals surface area contributed by atoms with Crippen molar-refractivity contribution in [3.63, 3.8) is 0 Å². The smallest absolute Gasteiger partial charge is 0.317 e. The van der Waals surface area contributed by atoms with E-state index in [0.29, 0.717) is 19.7 Å². The molecule has 0 unspecified atom stereocenters. The van der Waals surface area contributed by atoms with Gasteiger partial charge in [0.1, 0.15) is 6.54 Å². The second kappa shape index (κ2) is 9.10. The fourth-order valence-electron chi connectivity index (χ4n) is 4.87. The summed E-state index contributed by atoms with van der Waals surface area (Å²) >= 11 is 0. The highest BCUT2D eigenvalue weighted by molar-refractivity contribution is 5.87. The molecule has 3 atom stereocenters. The molecule has 0 radical (unpaired) electrons. The molecule has 2 heterocycles. The number of methoxy groups -OCH3 is 1. The zero-order valence-corrected chi connectivity index (χ0v) is 18.5. The van der Waals surface area contributed by atoms with E-state index in [9.17, 15) is 9.59 Å². The van der Waals surface area contributed by atoms with Gasteiger partial charge in [0.2, 0.25) is 5.91 Å². The summed E-state index contributed by atoms with van der Waals surface area (Å²) in [6.07, 6.45) is 0.870. The van der Waals surface area contributed by atoms with Crippen molar-refractivity contribution in [2.45, 2.75) is 38.3 Å². The van der Waals surface area contributed by atoms with E-state index >= 15 is 0 Å². The molecule has 0 aliphatic carbocycles. The molecule has 2 aromatic carbocycles. The van der Waals surface area contributed by atoms with Crippen LogP contribution in [-0.4, -0.2) is 67.2 Å². The Kier molecular flexibility index (Phi) is 6.28. The van der Waals surface area contributed by atoms with E-state index in [0.717, 1.165) is 6.42 Å². The highest BCUT2D eigenvalue weighted by Gasteiger charge is 2.54. The van der Waals surface area contributed by atoms with Crippen molar-refractivity contribution in [3.05, 3.63) is 59.7 Å². The maximum Gasteiger partial charge on any atom is 0.317 e. The summed E-state index contributed by atoms with van der Waals surface area (Å²) in [4.78, 5) is 28.9. The summed E-state index contributed by atoms with van der Waals surface area (Å²) in [5, 5.41) is 2.89. The topological polar surface area (TPSA) is 61.9 Å². The van der Waals surface area contributed by atoms with Gasteiger partial charge in [-0.25, -0.2) is 4.79 Å². The molecule has 4 rings (SSSR count). The van der Waals surface area contributed by atoms with E-state index in [4.69, 9.17) is 4.74 Å². The number of nitrogens with one attached hydrogen (secondary N) is 1. The van der Waals surface area contributed by atoms with E-state index in [-0.39, 0.29) is 36.5 Å². The van der Waals surface area contributed by atoms with Crippen molar-refractivity contribution in [2.24, 2.45) is 0 Å². The van der Waals surface area contributed by atoms with E-state index in [1.54, 1.807) is 12.0 Å². The monoisotopic (exact) mass is 421 g/mol. The third-order valence-electron chi connectivity index (χ3n) is 6.36. The molecule has 164 valence electrons. The highest BCUT2D eigenvalue weighted by Crippen LogP contribution is 2.43. The third kappa shape index (κ3) is 4.17. The quantitative estimate of drug-likeness (QED) is 0.778. The van der Waals surface area contributed by atoms with Gasteiger partial charge in [0.25, 0.3) is 0 Å². The standard InChI is InChI=1S/C25H31N3O3/c1-4-12-26-25(30)27-14-21-24(22(16-31-3)28(21)23(29)15-27)19-10-8-18(9-11-19)20-7-5-6-17(2)13-20/h5-11,13,21-22,24H,4,12,14-16H2,1-3H3,(H,26,30)/t21-,22-,24+/m0/s1. The molecule has 31 heavy (non-hydrogen) atoms. The second-order valence-corrected chi connectivity index (χ2v) is 8.52. The lowest BCUT2D eigenvalue weighted by Crippen LogP contribution is -2.74. The van der Waals surface area contributed by atoms with Crippen molar-refractivity contribution in [1.82, 2.24) is 15.1 Å². The number of aryl methyl sites for hydroxylation is 1. The molecule has 1 N–H and O–H groups in total. The number of hydrogen-bond donors (Lipinski definition) is 1. The van der Waals surface area contributed by atoms with Gasteiger partial charge in [-0.2, -0.15) is 0 Å². The number of carbonyl (C=O) groups is 2. The molecular weight excluding hydrogens is 390 g/mol. The van der Waals surface area contributed by atoms with Gasteiger partial charge in [-0.1, -0.05) is 61.0 Å². The van der Waals surface area contributed by atoms with E-state index in [2.05, 4.69) is 60.8 Å². The van der Waals surface area contributed by atoms with Gasteiger partial charge in [-0.15, -0.1) is 0 Å². The van der Waals surface area contributed by atoms with Gasteiger partial charge in [0.15, 0.2) is 0 Å². The Morgan fingerprint density at radius 1 is 1.16 bits per heavy atom. The van der Waals surface area contributed by atoms with Crippen molar-refractivity contribution in [1.29, 1.82) is 0 Å². The lowest BCUT2D eigenvalue weighted by Gasteiger charge is -2.59. The number of fused-ring (bicyclic) bond motifs is 1. The Morgan fingerprint density at radius 2 is 1.94 bits per heavy atom. The van der Waals surface area contributed by atoms with Crippen LogP contribution in [0.3, 0.4) is 0 Å². The summed E-state index contributed by atoms with van der Waals surface area (Å²) in [7, 11) is 1.67. The predicted molar refractivity (Wildman–Crippen MR) is 121 cm³/mol. The molecule has 6 heteroatoms. The first-order valence-electron chi connectivity index (χ1n) is 11.0. The van der Waals surface area contributed by atoms with Crippen LogP contribution in [0.2, 0.25) is 0 Å². The lowest BCUT2D eigenvalue weighted by atomic mass is 9.73. The molecule has 2 saturated heterocycles. The van der Waals surface area contributed by atoms with Crippen LogP contribution in [-0.2, 0) is 9.53 Å². The minimum absolute atomic E-state index is 0.00224. The maximum absolute atomic E-state index is 12.8. The van der Waals surface area contributed by atoms with Crippen LogP contribution in [0.15, 0.2) is 48.5 Å². The molecule has 0 aromatic heterocycles. The molecule has 2 aliphatic rings. The second-order valence-electron chi connectivity index (χ2n) is 8.52. The van der Waals surface area contributed by atoms with Crippen LogP contribution < -0.4 is 5.32 Å². The first kappa shape index (κ1) is 21.4. The number of hydrogen-bond acceptors (Lipinski definition) is 3. The first-order valence-corrected chi connectivity index (χ1v) is 11.0. The van der Waals surface area contributed by atoms with Crippen LogP contribution in [0.5, 0.6) is 0 Å². The van der Waals surface area contributed by atoms with Gasteiger partial charge >= 0.3 is 6.03 Å². The minimum Gasteiger partial charge on any atom is -0.383 e. The molecule has 0 spiro atoms. The SMILES string of the molecule is CCCNC(=O)N1CC(=O)N2[C@@H](COC)[C@H](c3ccc(-c4cccc(C)c4)cc3)[C@@H]2C1. The van der Waals surface area contributed by atoms with E-state index < -0.39 is 0 Å². The van der Waals surface area contributed by atoms with Gasteiger partial charge in [0.05, 0.1) is 18.7 Å². The molecule has 2 aliphatic heterocycles. The number of nitrogens with zero attached hydrogens (tertiary/aromatic N) is 2. The highest BCUT2D eigenvalue weighted by atomic mass is 16.5. The van der Waals surface area contributed by atoms with Crippen LogP contribution in [0.25, 0.3) is 11.1 Å². The van der Waals surface area contributed by atoms with Crippen molar-refractivity contribution in [3.8, 4) is 11.1 Å². The number of ether oxygens (including phenoxy) is 1. The number of benzene rings is 2. The van der Waals surface area contributed by atoms with Crippen molar-refractivity contribution in [2.75, 3.05) is 33.4 Å². The van der Waals surface area contributed by atoms with Gasteiger partial charge in [0, 0.05) is 26.1 Å². The minimum atomic E-state index is -0.154. The Labute approximate surface area is 184 Å². The number of rotatable bonds is 6. The average Bonchev–Trinajstić information content (AvgIpc) is 2.76. The van der Waals surface area contributed by atoms with Crippen LogP contribution in [0.1, 0.15) is 30.4 Å². The molecule has 0 saturated carbocycles. The van der Waals surface area contributed by atoms with Crippen LogP contribution in [0, 0.1) is 6.92 Å². The molecule has 2 fully saturated rings. The normalized spacial score (nSPS) is 22.7. The molecule has 0 bridgehead atoms. The molecule has 2 aromatic rings. The Hall–Kier alpha value is -2.86. The largest absolute Gasteiger partial charge is 0.383 e. The number of carbonyl (C=O) groups excluding carboxylic acids is 2. The fourth-order valence-corrected chi connectivity index (χ4v) is 4.87. The molecule has 6 nitrogen and oxygen atoms in total. The van der Waals surface area contributed by atoms with Gasteiger partial charge in [-0.05, 0) is 30.0 Å². The van der Waals surface area contributed by atoms with Gasteiger partial charge in [-0.3, -0.25) is 4.79 Å². The maximum atomic E-state index is 12.8. The zero-order chi connectivity index (χ0) is 22.0. The summed E-state index contributed by atoms with van der Waals surface area (Å²) in [5.74, 6) is 0.148. The third-order valence-corrected chi connectivity index (χ3v) is 6.36. The fraction of sp³-hybridized carbons (Fsp3) is 0.440. The Balaban J connectivity index is 1.55. The lowest BCUT2D eigenvalue weighted by molar-refractivity contribution is -0.160. The number of urea groups is 1. The Morgan fingerprint density at radius 3 is 2.61 bits per heavy atom. The van der Waals surface area contributed by atoms with Crippen LogP contribution >= 0.6 is 0 Å². The van der Waals surface area contributed by atoms with Crippen molar-refractivity contribution >= 4 is 11.9 Å². The predicted octanol–water partition coefficient (Wildman–Crippen LogP) is 3.41. The molecular formula is C25H31N3O3. The van der Waals surface area contributed by atoms with Crippen LogP contribution in [0.4, 0.5) is 4.79 Å². The summed E-state index contributed by atoms with van der Waals surface area (Å²) in [6.45, 7) is 5.90. The summed E-state index contributed by atoms with van der Waals surface area (Å²) in [5.41, 5.74) is 4.79. The van der Waals surface area contributed by atoms with Crippen molar-refractivity contribution < 1.29 is 14.3 Å². The van der Waals surface area contributed by atoms with Gasteiger partial charge < -0.3 is 19.9 Å². The number of piperazine rings is 1. The number of amides is 3. The summed E-state index contributed by atoms with van der Waals surface area (Å²) < 4.78 is 5.44. The molecule has 3 amide bonds. The Bertz CT molecular complexity index is 943. The first-order chi connectivity index (χ1) is 15.0. The van der Waals surface area contributed by atoms with E-state index in [1.807, 2.05) is 11.8 Å². The average molecular weight is 422 g/mol. The summed E-state index contributed by atoms with van der Waals surface area (Å²) in [6, 6.07) is 16.9. The van der Waals surface area contributed by atoms with E-state index in [1.165, 1.54) is 22.3 Å².